The van der Waals surface area contributed by atoms with Gasteiger partial charge in [0.25, 0.3) is 0 Å². The molecule has 0 atom stereocenters. The molecule has 42 heavy (non-hydrogen) atoms. The Bertz CT molecular complexity index is 1700. The number of benzene rings is 3. The molecule has 0 bridgehead atoms. The molecule has 0 saturated heterocycles. The number of rotatable bonds is 8. The van der Waals surface area contributed by atoms with Crippen LogP contribution in [-0.4, -0.2) is 30.7 Å². The number of hydrogen-bond donors (Lipinski definition) is 2. The fraction of sp³-hybridized carbons (Fsp3) is 0.235. The highest BCUT2D eigenvalue weighted by Gasteiger charge is 2.27. The first-order valence-corrected chi connectivity index (χ1v) is 13.6. The molecule has 2 N–H and O–H groups in total. The van der Waals surface area contributed by atoms with E-state index in [9.17, 15) is 9.18 Å². The Kier molecular flexibility index (Phi) is 7.89. The molecule has 4 aromatic rings. The largest absolute Gasteiger partial charge is 0.496 e. The summed E-state index contributed by atoms with van der Waals surface area (Å²) < 4.78 is 30.8. The molecule has 2 heterocycles. The number of halogens is 1. The normalized spacial score (nSPS) is 13.4. The number of methoxy groups -OCH3 is 2. The van der Waals surface area contributed by atoms with Crippen LogP contribution in [-0.2, 0) is 6.54 Å². The number of carbonyl (C=O) groups excluding carboxylic acids is 1. The maximum absolute atomic E-state index is 14.1. The highest BCUT2D eigenvalue weighted by molar-refractivity contribution is 5.94. The van der Waals surface area contributed by atoms with Gasteiger partial charge >= 0.3 is 5.97 Å². The number of esters is 1. The number of pyridine rings is 1. The van der Waals surface area contributed by atoms with Gasteiger partial charge in [-0.05, 0) is 92.4 Å². The number of ether oxygens (including phenoxy) is 3. The number of anilines is 2. The van der Waals surface area contributed by atoms with E-state index < -0.39 is 5.97 Å². The van der Waals surface area contributed by atoms with Crippen LogP contribution in [0.3, 0.4) is 0 Å². The van der Waals surface area contributed by atoms with Gasteiger partial charge in [-0.1, -0.05) is 18.2 Å². The lowest BCUT2D eigenvalue weighted by Gasteiger charge is -2.33. The summed E-state index contributed by atoms with van der Waals surface area (Å²) in [7, 11) is 3.03. The lowest BCUT2D eigenvalue weighted by atomic mass is 9.85. The van der Waals surface area contributed by atoms with Crippen molar-refractivity contribution in [1.29, 1.82) is 0 Å². The molecule has 0 aliphatic carbocycles. The van der Waals surface area contributed by atoms with Gasteiger partial charge in [0.1, 0.15) is 22.9 Å². The number of fused-ring (bicyclic) bond motifs is 1. The molecule has 5 rings (SSSR count). The third-order valence-corrected chi connectivity index (χ3v) is 7.25. The molecule has 0 saturated carbocycles. The second-order valence-electron chi connectivity index (χ2n) is 10.8. The lowest BCUT2D eigenvalue weighted by molar-refractivity contribution is 0.0730. The third kappa shape index (κ3) is 5.79. The molecule has 0 amide bonds. The minimum absolute atomic E-state index is 0.186. The molecular weight excluding hydrogens is 533 g/mol. The molecule has 0 fully saturated rings. The van der Waals surface area contributed by atoms with Gasteiger partial charge in [-0.2, -0.15) is 0 Å². The van der Waals surface area contributed by atoms with Gasteiger partial charge in [-0.3, -0.25) is 0 Å². The Morgan fingerprint density at radius 2 is 1.79 bits per heavy atom. The van der Waals surface area contributed by atoms with Crippen LogP contribution in [0, 0.1) is 12.7 Å². The van der Waals surface area contributed by atoms with Crippen LogP contribution in [0.1, 0.15) is 47.8 Å². The number of aromatic nitrogens is 1. The fourth-order valence-corrected chi connectivity index (χ4v) is 5.43. The molecule has 3 aromatic carbocycles. The second kappa shape index (κ2) is 11.6. The van der Waals surface area contributed by atoms with Crippen molar-refractivity contribution in [2.24, 2.45) is 0 Å². The maximum atomic E-state index is 14.1. The van der Waals surface area contributed by atoms with Crippen molar-refractivity contribution in [1.82, 2.24) is 4.98 Å². The van der Waals surface area contributed by atoms with Gasteiger partial charge in [0, 0.05) is 41.3 Å². The topological polar surface area (TPSA) is 81.7 Å². The summed E-state index contributed by atoms with van der Waals surface area (Å²) >= 11 is 0. The van der Waals surface area contributed by atoms with E-state index in [0.29, 0.717) is 18.0 Å². The Hall–Kier alpha value is -4.85. The zero-order valence-corrected chi connectivity index (χ0v) is 24.6. The van der Waals surface area contributed by atoms with Crippen molar-refractivity contribution >= 4 is 22.9 Å². The number of hydrogen-bond acceptors (Lipinski definition) is 7. The number of carbonyl (C=O) groups is 1. The minimum atomic E-state index is -0.590. The van der Waals surface area contributed by atoms with Crippen LogP contribution >= 0.6 is 0 Å². The van der Waals surface area contributed by atoms with E-state index in [4.69, 9.17) is 14.2 Å². The first-order chi connectivity index (χ1) is 20.1. The summed E-state index contributed by atoms with van der Waals surface area (Å²) in [5, 5.41) is 7.07. The molecule has 0 spiro atoms. The van der Waals surface area contributed by atoms with E-state index in [0.717, 1.165) is 44.8 Å². The van der Waals surface area contributed by atoms with Crippen molar-refractivity contribution in [3.05, 3.63) is 101 Å². The summed E-state index contributed by atoms with van der Waals surface area (Å²) in [4.78, 5) is 17.0. The monoisotopic (exact) mass is 567 g/mol. The molecule has 216 valence electrons. The molecule has 1 aromatic heterocycles. The summed E-state index contributed by atoms with van der Waals surface area (Å²) in [6.45, 7) is 8.75. The molecule has 1 aliphatic rings. The second-order valence-corrected chi connectivity index (χ2v) is 10.8. The molecule has 8 heteroatoms. The Morgan fingerprint density at radius 3 is 2.55 bits per heavy atom. The van der Waals surface area contributed by atoms with Crippen LogP contribution < -0.4 is 24.8 Å². The van der Waals surface area contributed by atoms with Crippen LogP contribution in [0.2, 0.25) is 0 Å². The van der Waals surface area contributed by atoms with Crippen molar-refractivity contribution in [2.75, 3.05) is 24.9 Å². The quantitative estimate of drug-likeness (QED) is 0.167. The van der Waals surface area contributed by atoms with Crippen LogP contribution in [0.25, 0.3) is 16.7 Å². The fourth-order valence-electron chi connectivity index (χ4n) is 5.43. The van der Waals surface area contributed by atoms with Gasteiger partial charge in [0.2, 0.25) is 5.88 Å². The van der Waals surface area contributed by atoms with Gasteiger partial charge in [0.05, 0.1) is 19.8 Å². The van der Waals surface area contributed by atoms with Crippen molar-refractivity contribution in [3.8, 4) is 28.5 Å². The van der Waals surface area contributed by atoms with Gasteiger partial charge in [0.15, 0.2) is 0 Å². The maximum Gasteiger partial charge on any atom is 0.349 e. The average molecular weight is 568 g/mol. The van der Waals surface area contributed by atoms with Gasteiger partial charge in [-0.15, -0.1) is 0 Å². The number of allylic oxidation sites excluding steroid dienone is 1. The molecule has 0 unspecified atom stereocenters. The Balaban J connectivity index is 1.56. The zero-order valence-electron chi connectivity index (χ0n) is 24.6. The van der Waals surface area contributed by atoms with E-state index in [1.165, 1.54) is 19.2 Å². The Labute approximate surface area is 245 Å². The molecule has 7 nitrogen and oxygen atoms in total. The predicted molar refractivity (Wildman–Crippen MR) is 164 cm³/mol. The first kappa shape index (κ1) is 28.7. The van der Waals surface area contributed by atoms with Gasteiger partial charge in [-0.25, -0.2) is 14.2 Å². The standard InChI is InChI=1S/C34H34FN3O4/c1-20-9-10-22(35)16-29(20)37-19-27-24(13-14-28-31(27)21(2)18-34(3,4)38-28)25-12-11-23(17-30(25)40-5)42-33(39)26-8-7-15-36-32(26)41-6/h7-18,37-38H,19H2,1-6H3. The van der Waals surface area contributed by atoms with E-state index >= 15 is 0 Å². The van der Waals surface area contributed by atoms with Crippen LogP contribution in [0.15, 0.2) is 72.9 Å². The first-order valence-electron chi connectivity index (χ1n) is 13.6. The summed E-state index contributed by atoms with van der Waals surface area (Å²) in [5.41, 5.74) is 7.71. The third-order valence-electron chi connectivity index (χ3n) is 7.25. The SMILES string of the molecule is COc1cc(OC(=O)c2cccnc2OC)ccc1-c1ccc2c(c1CNc1cc(F)ccc1C)C(C)=CC(C)(C)N2. The van der Waals surface area contributed by atoms with Crippen molar-refractivity contribution in [3.63, 3.8) is 0 Å². The highest BCUT2D eigenvalue weighted by Crippen LogP contribution is 2.43. The van der Waals surface area contributed by atoms with E-state index in [1.54, 1.807) is 43.6 Å². The summed E-state index contributed by atoms with van der Waals surface area (Å²) in [5.74, 6) is 0.152. The summed E-state index contributed by atoms with van der Waals surface area (Å²) in [6, 6.07) is 17.4. The Morgan fingerprint density at radius 1 is 1.00 bits per heavy atom. The average Bonchev–Trinajstić information content (AvgIpc) is 2.96. The zero-order chi connectivity index (χ0) is 30.0. The van der Waals surface area contributed by atoms with Crippen LogP contribution in [0.4, 0.5) is 15.8 Å². The minimum Gasteiger partial charge on any atom is -0.496 e. The van der Waals surface area contributed by atoms with Crippen LogP contribution in [0.5, 0.6) is 17.4 Å². The van der Waals surface area contributed by atoms with E-state index in [2.05, 4.69) is 54.6 Å². The molecular formula is C34H34FN3O4. The smallest absolute Gasteiger partial charge is 0.349 e. The lowest BCUT2D eigenvalue weighted by Crippen LogP contribution is -2.32. The predicted octanol–water partition coefficient (Wildman–Crippen LogP) is 7.65. The van der Waals surface area contributed by atoms with Crippen molar-refractivity contribution in [2.45, 2.75) is 39.8 Å². The number of aryl methyl sites for hydroxylation is 1. The highest BCUT2D eigenvalue weighted by atomic mass is 19.1. The number of nitrogens with zero attached hydrogens (tertiary/aromatic N) is 1. The van der Waals surface area contributed by atoms with Crippen molar-refractivity contribution < 1.29 is 23.4 Å². The molecule has 1 aliphatic heterocycles. The number of nitrogens with one attached hydrogen (secondary N) is 2. The van der Waals surface area contributed by atoms with E-state index in [-0.39, 0.29) is 22.8 Å². The summed E-state index contributed by atoms with van der Waals surface area (Å²) in [6.07, 6.45) is 3.75. The molecule has 0 radical (unpaired) electrons. The van der Waals surface area contributed by atoms with Gasteiger partial charge < -0.3 is 24.8 Å². The van der Waals surface area contributed by atoms with E-state index in [1.807, 2.05) is 13.0 Å².